The van der Waals surface area contributed by atoms with Gasteiger partial charge in [0, 0.05) is 19.5 Å². The highest BCUT2D eigenvalue weighted by atomic mass is 32.2. The third kappa shape index (κ3) is 12.8. The van der Waals surface area contributed by atoms with Gasteiger partial charge in [0.1, 0.15) is 11.0 Å². The Kier molecular flexibility index (Phi) is 15.8. The number of rotatable bonds is 14. The van der Waals surface area contributed by atoms with E-state index in [4.69, 9.17) is 9.47 Å². The molecule has 2 unspecified atom stereocenters. The van der Waals surface area contributed by atoms with Crippen LogP contribution in [0.3, 0.4) is 0 Å². The maximum Gasteiger partial charge on any atom is 0.278 e. The molecule has 0 bridgehead atoms. The molecule has 5 nitrogen and oxygen atoms in total. The Labute approximate surface area is 210 Å². The van der Waals surface area contributed by atoms with Gasteiger partial charge >= 0.3 is 0 Å². The van der Waals surface area contributed by atoms with E-state index < -0.39 is 11.2 Å². The minimum atomic E-state index is -0.743. The first-order valence-corrected chi connectivity index (χ1v) is 14.3. The molecular weight excluding hydrogens is 454 g/mol. The van der Waals surface area contributed by atoms with Crippen LogP contribution in [0.25, 0.3) is 0 Å². The number of amides is 1. The molecule has 1 aliphatic rings. The van der Waals surface area contributed by atoms with E-state index in [0.717, 1.165) is 49.6 Å². The molecule has 0 saturated heterocycles. The lowest BCUT2D eigenvalue weighted by atomic mass is 10.1. The molecule has 1 heterocycles. The predicted molar refractivity (Wildman–Crippen MR) is 143 cm³/mol. The third-order valence-electron chi connectivity index (χ3n) is 5.46. The lowest BCUT2D eigenvalue weighted by Gasteiger charge is -2.21. The average molecular weight is 500 g/mol. The van der Waals surface area contributed by atoms with Crippen molar-refractivity contribution in [1.82, 2.24) is 4.90 Å². The van der Waals surface area contributed by atoms with E-state index >= 15 is 0 Å². The molecule has 0 N–H and O–H groups in total. The normalized spacial score (nSPS) is 13.9. The molecular formula is C26H45NO4S2. The lowest BCUT2D eigenvalue weighted by Crippen LogP contribution is -2.30. The highest BCUT2D eigenvalue weighted by molar-refractivity contribution is 7.96. The quantitative estimate of drug-likeness (QED) is 0.173. The summed E-state index contributed by atoms with van der Waals surface area (Å²) >= 11 is 3.05. The highest BCUT2D eigenvalue weighted by Gasteiger charge is 2.19. The fourth-order valence-electron chi connectivity index (χ4n) is 3.69. The van der Waals surface area contributed by atoms with Crippen LogP contribution in [0, 0.1) is 5.92 Å². The fraction of sp³-hybridized carbons (Fsp3) is 0.731. The lowest BCUT2D eigenvalue weighted by molar-refractivity contribution is 0.174. The van der Waals surface area contributed by atoms with E-state index in [9.17, 15) is 9.35 Å². The molecule has 1 aliphatic heterocycles. The Morgan fingerprint density at radius 2 is 1.73 bits per heavy atom. The second kappa shape index (κ2) is 17.4. The summed E-state index contributed by atoms with van der Waals surface area (Å²) in [5.74, 6) is 2.98. The number of ether oxygens (including phenoxy) is 2. The minimum Gasteiger partial charge on any atom is -0.616 e. The first kappa shape index (κ1) is 30.0. The molecule has 0 aliphatic carbocycles. The second-order valence-corrected chi connectivity index (χ2v) is 11.5. The maximum atomic E-state index is 12.3. The molecule has 0 aromatic heterocycles. The third-order valence-corrected chi connectivity index (χ3v) is 7.50. The highest BCUT2D eigenvalue weighted by Crippen LogP contribution is 2.33. The molecule has 1 amide bonds. The number of hydrogen-bond donors (Lipinski definition) is 1. The van der Waals surface area contributed by atoms with E-state index in [1.165, 1.54) is 37.7 Å². The summed E-state index contributed by atoms with van der Waals surface area (Å²) in [6, 6.07) is 6.01. The minimum absolute atomic E-state index is 0.111. The molecule has 33 heavy (non-hydrogen) atoms. The van der Waals surface area contributed by atoms with Gasteiger partial charge in [0.2, 0.25) is 6.79 Å². The van der Waals surface area contributed by atoms with Gasteiger partial charge in [0.15, 0.2) is 11.5 Å². The SMILES string of the molecule is CCCCCCCC[S+]([O-])C(C)Cc1ccc2c(c1)OCO2.CCCN(CC(C)C)C(=O)S. The molecule has 2 atom stereocenters. The van der Waals surface area contributed by atoms with Crippen molar-refractivity contribution in [2.75, 3.05) is 25.6 Å². The number of unbranched alkanes of at least 4 members (excludes halogenated alkanes) is 5. The average Bonchev–Trinajstić information content (AvgIpc) is 3.23. The van der Waals surface area contributed by atoms with Crippen LogP contribution in [0.2, 0.25) is 0 Å². The second-order valence-electron chi connectivity index (χ2n) is 9.18. The Bertz CT molecular complexity index is 672. The number of carbonyl (C=O) groups excluding carboxylic acids is 1. The van der Waals surface area contributed by atoms with Gasteiger partial charge in [0.25, 0.3) is 5.24 Å². The summed E-state index contributed by atoms with van der Waals surface area (Å²) in [5.41, 5.74) is 1.17. The van der Waals surface area contributed by atoms with Crippen molar-refractivity contribution in [2.24, 2.45) is 5.92 Å². The van der Waals surface area contributed by atoms with Crippen LogP contribution in [0.5, 0.6) is 11.5 Å². The number of thiol groups is 1. The largest absolute Gasteiger partial charge is 0.616 e. The van der Waals surface area contributed by atoms with E-state index in [-0.39, 0.29) is 10.5 Å². The molecule has 2 rings (SSSR count). The molecule has 0 radical (unpaired) electrons. The summed E-state index contributed by atoms with van der Waals surface area (Å²) in [6.07, 6.45) is 9.32. The van der Waals surface area contributed by atoms with Crippen molar-refractivity contribution < 1.29 is 18.8 Å². The molecule has 0 fully saturated rings. The number of carbonyl (C=O) groups is 1. The Hall–Kier alpha value is -1.05. The van der Waals surface area contributed by atoms with Crippen LogP contribution in [0.1, 0.15) is 85.1 Å². The Morgan fingerprint density at radius 3 is 2.36 bits per heavy atom. The van der Waals surface area contributed by atoms with Crippen molar-refractivity contribution in [3.8, 4) is 11.5 Å². The van der Waals surface area contributed by atoms with Crippen LogP contribution >= 0.6 is 12.6 Å². The van der Waals surface area contributed by atoms with Gasteiger partial charge in [-0.3, -0.25) is 4.79 Å². The molecule has 190 valence electrons. The first-order valence-electron chi connectivity index (χ1n) is 12.5. The van der Waals surface area contributed by atoms with E-state index in [1.54, 1.807) is 4.90 Å². The smallest absolute Gasteiger partial charge is 0.278 e. The summed E-state index contributed by atoms with van der Waals surface area (Å²) in [6.45, 7) is 12.5. The molecule has 0 saturated carbocycles. The van der Waals surface area contributed by atoms with E-state index in [0.29, 0.717) is 12.7 Å². The number of fused-ring (bicyclic) bond motifs is 1. The standard InChI is InChI=1S/C18H28O3S.C8H17NOS/c1-3-4-5-6-7-8-11-22(19)15(2)12-16-9-10-17-18(13-16)21-14-20-17;1-4-5-9(8(10)11)6-7(2)3/h9-10,13,15H,3-8,11-12,14H2,1-2H3;7H,4-6H2,1-3H3,(H,10,11). The van der Waals surface area contributed by atoms with Crippen LogP contribution in [-0.2, 0) is 17.6 Å². The van der Waals surface area contributed by atoms with Gasteiger partial charge in [0.05, 0.1) is 0 Å². The summed E-state index contributed by atoms with van der Waals surface area (Å²) in [7, 11) is 0. The molecule has 1 aromatic carbocycles. The van der Waals surface area contributed by atoms with Gasteiger partial charge in [-0.2, -0.15) is 0 Å². The topological polar surface area (TPSA) is 61.8 Å². The van der Waals surface area contributed by atoms with Crippen molar-refractivity contribution >= 4 is 29.0 Å². The number of nitrogens with zero attached hydrogens (tertiary/aromatic N) is 1. The van der Waals surface area contributed by atoms with E-state index in [2.05, 4.69) is 47.2 Å². The van der Waals surface area contributed by atoms with Crippen LogP contribution in [0.15, 0.2) is 18.2 Å². The Balaban J connectivity index is 0.000000420. The van der Waals surface area contributed by atoms with Gasteiger partial charge in [-0.05, 0) is 49.8 Å². The monoisotopic (exact) mass is 499 g/mol. The predicted octanol–water partition coefficient (Wildman–Crippen LogP) is 6.86. The first-order chi connectivity index (χ1) is 15.8. The van der Waals surface area contributed by atoms with Gasteiger partial charge in [-0.1, -0.05) is 83.2 Å². The van der Waals surface area contributed by atoms with Crippen LogP contribution < -0.4 is 9.47 Å². The maximum absolute atomic E-state index is 12.3. The number of benzene rings is 1. The zero-order valence-corrected chi connectivity index (χ0v) is 23.0. The molecule has 7 heteroatoms. The van der Waals surface area contributed by atoms with Crippen molar-refractivity contribution in [3.05, 3.63) is 23.8 Å². The zero-order valence-electron chi connectivity index (χ0n) is 21.3. The van der Waals surface area contributed by atoms with Gasteiger partial charge in [-0.25, -0.2) is 0 Å². The van der Waals surface area contributed by atoms with Gasteiger partial charge in [-0.15, -0.1) is 0 Å². The Morgan fingerprint density at radius 1 is 1.06 bits per heavy atom. The summed E-state index contributed by atoms with van der Waals surface area (Å²) in [5, 5.41) is 0.0802. The van der Waals surface area contributed by atoms with Crippen molar-refractivity contribution in [3.63, 3.8) is 0 Å². The molecule has 1 aromatic rings. The van der Waals surface area contributed by atoms with E-state index in [1.807, 2.05) is 18.2 Å². The number of hydrogen-bond acceptors (Lipinski definition) is 4. The van der Waals surface area contributed by atoms with Crippen molar-refractivity contribution in [2.45, 2.75) is 91.2 Å². The van der Waals surface area contributed by atoms with Gasteiger partial charge < -0.3 is 18.9 Å². The summed E-state index contributed by atoms with van der Waals surface area (Å²) < 4.78 is 23.0. The van der Waals surface area contributed by atoms with Crippen LogP contribution in [-0.4, -0.2) is 45.6 Å². The van der Waals surface area contributed by atoms with Crippen LogP contribution in [0.4, 0.5) is 4.79 Å². The molecule has 0 spiro atoms. The van der Waals surface area contributed by atoms with Crippen molar-refractivity contribution in [1.29, 1.82) is 0 Å². The zero-order chi connectivity index (χ0) is 24.6. The summed E-state index contributed by atoms with van der Waals surface area (Å²) in [4.78, 5) is 12.6. The fourth-order valence-corrected chi connectivity index (χ4v) is 5.15.